The Kier molecular flexibility index (Phi) is 3.46. The van der Waals surface area contributed by atoms with Gasteiger partial charge in [0, 0.05) is 24.9 Å². The Balaban J connectivity index is 2.05. The molecule has 0 spiro atoms. The molecule has 98 valence electrons. The van der Waals surface area contributed by atoms with Crippen LogP contribution in [0.15, 0.2) is 35.6 Å². The SMILES string of the molecule is Cn1nccc1C=NNC(=O)c1cc(O)cc(O)c1. The summed E-state index contributed by atoms with van der Waals surface area (Å²) >= 11 is 0. The van der Waals surface area contributed by atoms with E-state index in [9.17, 15) is 15.0 Å². The smallest absolute Gasteiger partial charge is 0.271 e. The number of amides is 1. The first kappa shape index (κ1) is 12.6. The second-order valence-electron chi connectivity index (χ2n) is 3.82. The molecule has 3 N–H and O–H groups in total. The Hall–Kier alpha value is -2.83. The third-order valence-electron chi connectivity index (χ3n) is 2.39. The summed E-state index contributed by atoms with van der Waals surface area (Å²) in [6, 6.07) is 5.33. The summed E-state index contributed by atoms with van der Waals surface area (Å²) in [7, 11) is 1.75. The Morgan fingerprint density at radius 2 is 2.05 bits per heavy atom. The van der Waals surface area contributed by atoms with Gasteiger partial charge in [-0.25, -0.2) is 5.43 Å². The molecule has 7 nitrogen and oxygen atoms in total. The summed E-state index contributed by atoms with van der Waals surface area (Å²) in [6.45, 7) is 0. The predicted octanol–water partition coefficient (Wildman–Crippen LogP) is 0.595. The van der Waals surface area contributed by atoms with Gasteiger partial charge >= 0.3 is 0 Å². The fraction of sp³-hybridized carbons (Fsp3) is 0.0833. The summed E-state index contributed by atoms with van der Waals surface area (Å²) < 4.78 is 1.59. The quantitative estimate of drug-likeness (QED) is 0.555. The lowest BCUT2D eigenvalue weighted by Crippen LogP contribution is -2.17. The van der Waals surface area contributed by atoms with Crippen LogP contribution in [0.4, 0.5) is 0 Å². The molecule has 0 saturated carbocycles. The number of aromatic hydroxyl groups is 2. The Labute approximate surface area is 108 Å². The van der Waals surface area contributed by atoms with Crippen LogP contribution in [-0.2, 0) is 7.05 Å². The van der Waals surface area contributed by atoms with Crippen molar-refractivity contribution < 1.29 is 15.0 Å². The predicted molar refractivity (Wildman–Crippen MR) is 68.0 cm³/mol. The third-order valence-corrected chi connectivity index (χ3v) is 2.39. The lowest BCUT2D eigenvalue weighted by molar-refractivity contribution is 0.0954. The van der Waals surface area contributed by atoms with Gasteiger partial charge in [0.2, 0.25) is 0 Å². The van der Waals surface area contributed by atoms with Gasteiger partial charge < -0.3 is 10.2 Å². The van der Waals surface area contributed by atoms with Crippen molar-refractivity contribution in [1.82, 2.24) is 15.2 Å². The van der Waals surface area contributed by atoms with Gasteiger partial charge in [-0.1, -0.05) is 0 Å². The molecule has 0 aliphatic rings. The van der Waals surface area contributed by atoms with Crippen molar-refractivity contribution in [2.75, 3.05) is 0 Å². The molecular weight excluding hydrogens is 248 g/mol. The fourth-order valence-electron chi connectivity index (χ4n) is 1.46. The van der Waals surface area contributed by atoms with E-state index in [1.54, 1.807) is 24.0 Å². The molecule has 0 aliphatic carbocycles. The highest BCUT2D eigenvalue weighted by Crippen LogP contribution is 2.20. The van der Waals surface area contributed by atoms with E-state index >= 15 is 0 Å². The standard InChI is InChI=1S/C12H12N4O3/c1-16-9(2-3-14-16)7-13-15-12(19)8-4-10(17)6-11(18)5-8/h2-7,17-18H,1H3,(H,15,19). The first-order chi connectivity index (χ1) is 9.06. The van der Waals surface area contributed by atoms with Gasteiger partial charge in [-0.15, -0.1) is 0 Å². The van der Waals surface area contributed by atoms with Crippen molar-refractivity contribution in [3.05, 3.63) is 41.7 Å². The summed E-state index contributed by atoms with van der Waals surface area (Å²) in [5.74, 6) is -0.925. The number of nitrogens with zero attached hydrogens (tertiary/aromatic N) is 3. The van der Waals surface area contributed by atoms with E-state index in [-0.39, 0.29) is 17.1 Å². The van der Waals surface area contributed by atoms with Crippen LogP contribution < -0.4 is 5.43 Å². The summed E-state index contributed by atoms with van der Waals surface area (Å²) in [4.78, 5) is 11.7. The number of carbonyl (C=O) groups excluding carboxylic acids is 1. The first-order valence-corrected chi connectivity index (χ1v) is 5.40. The summed E-state index contributed by atoms with van der Waals surface area (Å²) in [6.07, 6.45) is 3.05. The van der Waals surface area contributed by atoms with Crippen LogP contribution in [-0.4, -0.2) is 32.1 Å². The van der Waals surface area contributed by atoms with Crippen LogP contribution >= 0.6 is 0 Å². The van der Waals surface area contributed by atoms with Crippen molar-refractivity contribution >= 4 is 12.1 Å². The van der Waals surface area contributed by atoms with Crippen molar-refractivity contribution in [3.63, 3.8) is 0 Å². The normalized spacial score (nSPS) is 10.8. The van der Waals surface area contributed by atoms with Crippen molar-refractivity contribution in [1.29, 1.82) is 0 Å². The van der Waals surface area contributed by atoms with Gasteiger partial charge in [0.15, 0.2) is 0 Å². The number of hydrogen-bond donors (Lipinski definition) is 3. The average Bonchev–Trinajstić information content (AvgIpc) is 2.74. The highest BCUT2D eigenvalue weighted by atomic mass is 16.3. The van der Waals surface area contributed by atoms with Crippen LogP contribution in [0.1, 0.15) is 16.1 Å². The molecule has 2 rings (SSSR count). The number of phenols is 2. The van der Waals surface area contributed by atoms with E-state index in [1.807, 2.05) is 0 Å². The van der Waals surface area contributed by atoms with Crippen molar-refractivity contribution in [2.45, 2.75) is 0 Å². The van der Waals surface area contributed by atoms with Crippen LogP contribution in [0.25, 0.3) is 0 Å². The number of hydrogen-bond acceptors (Lipinski definition) is 5. The number of phenolic OH excluding ortho intramolecular Hbond substituents is 2. The molecule has 1 heterocycles. The van der Waals surface area contributed by atoms with Crippen LogP contribution in [0.2, 0.25) is 0 Å². The third kappa shape index (κ3) is 3.09. The molecular formula is C12H12N4O3. The van der Waals surface area contributed by atoms with Crippen molar-refractivity contribution in [2.24, 2.45) is 12.1 Å². The zero-order chi connectivity index (χ0) is 13.8. The summed E-state index contributed by atoms with van der Waals surface area (Å²) in [5.41, 5.74) is 3.12. The molecule has 1 aromatic heterocycles. The lowest BCUT2D eigenvalue weighted by atomic mass is 10.2. The second kappa shape index (κ2) is 5.21. The number of aryl methyl sites for hydroxylation is 1. The molecule has 1 amide bonds. The fourth-order valence-corrected chi connectivity index (χ4v) is 1.46. The maximum absolute atomic E-state index is 11.7. The monoisotopic (exact) mass is 260 g/mol. The Bertz CT molecular complexity index is 613. The van der Waals surface area contributed by atoms with Gasteiger partial charge in [0.25, 0.3) is 5.91 Å². The van der Waals surface area contributed by atoms with Gasteiger partial charge in [-0.05, 0) is 18.2 Å². The average molecular weight is 260 g/mol. The largest absolute Gasteiger partial charge is 0.508 e. The van der Waals surface area contributed by atoms with E-state index < -0.39 is 5.91 Å². The lowest BCUT2D eigenvalue weighted by Gasteiger charge is -2.02. The number of rotatable bonds is 3. The maximum atomic E-state index is 11.7. The summed E-state index contributed by atoms with van der Waals surface area (Å²) in [5, 5.41) is 26.2. The zero-order valence-corrected chi connectivity index (χ0v) is 10.1. The number of carbonyl (C=O) groups is 1. The maximum Gasteiger partial charge on any atom is 0.271 e. The minimum atomic E-state index is -0.537. The first-order valence-electron chi connectivity index (χ1n) is 5.40. The van der Waals surface area contributed by atoms with Gasteiger partial charge in [0.05, 0.1) is 11.9 Å². The van der Waals surface area contributed by atoms with Gasteiger partial charge in [-0.3, -0.25) is 9.48 Å². The molecule has 0 atom stereocenters. The number of benzene rings is 1. The Morgan fingerprint density at radius 1 is 1.37 bits per heavy atom. The van der Waals surface area contributed by atoms with E-state index in [0.717, 1.165) is 11.8 Å². The molecule has 2 aromatic rings. The van der Waals surface area contributed by atoms with E-state index in [4.69, 9.17) is 0 Å². The molecule has 0 saturated heterocycles. The highest BCUT2D eigenvalue weighted by molar-refractivity contribution is 5.95. The molecule has 0 bridgehead atoms. The van der Waals surface area contributed by atoms with E-state index in [1.165, 1.54) is 18.3 Å². The molecule has 0 unspecified atom stereocenters. The minimum absolute atomic E-state index is 0.111. The molecule has 19 heavy (non-hydrogen) atoms. The molecule has 0 radical (unpaired) electrons. The van der Waals surface area contributed by atoms with Crippen molar-refractivity contribution in [3.8, 4) is 11.5 Å². The van der Waals surface area contributed by atoms with E-state index in [0.29, 0.717) is 0 Å². The van der Waals surface area contributed by atoms with Crippen LogP contribution in [0.5, 0.6) is 11.5 Å². The number of aromatic nitrogens is 2. The van der Waals surface area contributed by atoms with Crippen LogP contribution in [0.3, 0.4) is 0 Å². The number of hydrazone groups is 1. The van der Waals surface area contributed by atoms with E-state index in [2.05, 4.69) is 15.6 Å². The topological polar surface area (TPSA) is 99.7 Å². The number of nitrogens with one attached hydrogen (secondary N) is 1. The Morgan fingerprint density at radius 3 is 2.63 bits per heavy atom. The van der Waals surface area contributed by atoms with Gasteiger partial charge in [0.1, 0.15) is 11.5 Å². The minimum Gasteiger partial charge on any atom is -0.508 e. The molecule has 0 aliphatic heterocycles. The molecule has 1 aromatic carbocycles. The highest BCUT2D eigenvalue weighted by Gasteiger charge is 2.07. The second-order valence-corrected chi connectivity index (χ2v) is 3.82. The van der Waals surface area contributed by atoms with Crippen LogP contribution in [0, 0.1) is 0 Å². The zero-order valence-electron chi connectivity index (χ0n) is 10.1. The van der Waals surface area contributed by atoms with Gasteiger partial charge in [-0.2, -0.15) is 10.2 Å². The molecule has 7 heteroatoms. The molecule has 0 fully saturated rings.